The Kier molecular flexibility index (Phi) is 7.87. The van der Waals surface area contributed by atoms with Gasteiger partial charge in [0.05, 0.1) is 11.9 Å². The highest BCUT2D eigenvalue weighted by atomic mass is 32.2. The number of carbonyl (C=O) groups excluding carboxylic acids is 1. The topological polar surface area (TPSA) is 66.5 Å². The second kappa shape index (κ2) is 10.4. The molecule has 174 valence electrons. The van der Waals surface area contributed by atoms with Gasteiger partial charge in [0.15, 0.2) is 0 Å². The van der Waals surface area contributed by atoms with E-state index in [4.69, 9.17) is 0 Å². The molecular formula is C26H30N2O3S2. The average Bonchev–Trinajstić information content (AvgIpc) is 2.73. The number of thioether (sulfide) groups is 1. The summed E-state index contributed by atoms with van der Waals surface area (Å²) in [6, 6.07) is 20.7. The van der Waals surface area contributed by atoms with E-state index in [1.54, 1.807) is 30.8 Å². The number of benzene rings is 3. The molecule has 0 spiro atoms. The first-order valence-electron chi connectivity index (χ1n) is 10.7. The van der Waals surface area contributed by atoms with Gasteiger partial charge in [-0.1, -0.05) is 36.4 Å². The fraction of sp³-hybridized carbons (Fsp3) is 0.269. The summed E-state index contributed by atoms with van der Waals surface area (Å²) < 4.78 is 26.4. The first-order chi connectivity index (χ1) is 15.5. The zero-order valence-electron chi connectivity index (χ0n) is 19.6. The fourth-order valence-electron chi connectivity index (χ4n) is 3.76. The lowest BCUT2D eigenvalue weighted by Crippen LogP contribution is -2.45. The van der Waals surface area contributed by atoms with Gasteiger partial charge in [0.2, 0.25) is 15.9 Å². The van der Waals surface area contributed by atoms with E-state index in [0.29, 0.717) is 11.4 Å². The summed E-state index contributed by atoms with van der Waals surface area (Å²) >= 11 is 1.75. The lowest BCUT2D eigenvalue weighted by Gasteiger charge is -2.29. The first kappa shape index (κ1) is 24.9. The Balaban J connectivity index is 1.76. The molecule has 1 amide bonds. The molecule has 3 rings (SSSR count). The number of amides is 1. The molecule has 1 atom stereocenters. The maximum absolute atomic E-state index is 13.1. The summed E-state index contributed by atoms with van der Waals surface area (Å²) in [6.45, 7) is 7.36. The Morgan fingerprint density at radius 2 is 1.61 bits per heavy atom. The minimum atomic E-state index is -3.67. The Morgan fingerprint density at radius 3 is 2.18 bits per heavy atom. The number of nitrogens with one attached hydrogen (secondary N) is 1. The molecule has 0 fully saturated rings. The SMILES string of the molecule is Cc1cc(C)cc(N([C@H](C)C(=O)Nc2ccc(CSc3ccccc3)cc2C)S(C)(=O)=O)c1. The summed E-state index contributed by atoms with van der Waals surface area (Å²) in [6.07, 6.45) is 1.12. The number of aryl methyl sites for hydroxylation is 3. The summed E-state index contributed by atoms with van der Waals surface area (Å²) in [4.78, 5) is 14.3. The van der Waals surface area contributed by atoms with Crippen LogP contribution in [-0.4, -0.2) is 26.6 Å². The monoisotopic (exact) mass is 482 g/mol. The predicted octanol–water partition coefficient (Wildman–Crippen LogP) is 5.70. The van der Waals surface area contributed by atoms with Gasteiger partial charge in [0.25, 0.3) is 0 Å². The molecule has 0 aromatic heterocycles. The molecule has 0 saturated heterocycles. The summed E-state index contributed by atoms with van der Waals surface area (Å²) in [5, 5.41) is 2.91. The van der Waals surface area contributed by atoms with Crippen molar-refractivity contribution >= 4 is 39.1 Å². The van der Waals surface area contributed by atoms with E-state index in [0.717, 1.165) is 34.3 Å². The van der Waals surface area contributed by atoms with Crippen LogP contribution in [0.2, 0.25) is 0 Å². The number of hydrogen-bond acceptors (Lipinski definition) is 4. The Labute approximate surface area is 201 Å². The lowest BCUT2D eigenvalue weighted by atomic mass is 10.1. The number of rotatable bonds is 8. The normalized spacial score (nSPS) is 12.3. The van der Waals surface area contributed by atoms with Crippen LogP contribution in [0.25, 0.3) is 0 Å². The Bertz CT molecular complexity index is 1220. The van der Waals surface area contributed by atoms with E-state index in [1.807, 2.05) is 57.2 Å². The van der Waals surface area contributed by atoms with Crippen molar-refractivity contribution < 1.29 is 13.2 Å². The van der Waals surface area contributed by atoms with Gasteiger partial charge in [-0.3, -0.25) is 9.10 Å². The lowest BCUT2D eigenvalue weighted by molar-refractivity contribution is -0.116. The second-order valence-corrected chi connectivity index (χ2v) is 11.2. The highest BCUT2D eigenvalue weighted by molar-refractivity contribution is 7.98. The van der Waals surface area contributed by atoms with Crippen LogP contribution in [0, 0.1) is 20.8 Å². The van der Waals surface area contributed by atoms with Crippen molar-refractivity contribution in [2.45, 2.75) is 44.4 Å². The molecule has 0 bridgehead atoms. The third-order valence-electron chi connectivity index (χ3n) is 5.25. The van der Waals surface area contributed by atoms with Gasteiger partial charge in [0.1, 0.15) is 6.04 Å². The van der Waals surface area contributed by atoms with Crippen molar-refractivity contribution in [1.82, 2.24) is 0 Å². The maximum atomic E-state index is 13.1. The van der Waals surface area contributed by atoms with Crippen LogP contribution in [-0.2, 0) is 20.6 Å². The van der Waals surface area contributed by atoms with Crippen LogP contribution in [0.4, 0.5) is 11.4 Å². The molecule has 33 heavy (non-hydrogen) atoms. The van der Waals surface area contributed by atoms with Gasteiger partial charge in [0, 0.05) is 16.3 Å². The molecule has 0 unspecified atom stereocenters. The number of nitrogens with zero attached hydrogens (tertiary/aromatic N) is 1. The van der Waals surface area contributed by atoms with Crippen LogP contribution in [0.15, 0.2) is 71.6 Å². The second-order valence-electron chi connectivity index (χ2n) is 8.32. The smallest absolute Gasteiger partial charge is 0.248 e. The predicted molar refractivity (Wildman–Crippen MR) is 139 cm³/mol. The Morgan fingerprint density at radius 1 is 0.970 bits per heavy atom. The van der Waals surface area contributed by atoms with Gasteiger partial charge < -0.3 is 5.32 Å². The number of carbonyl (C=O) groups is 1. The van der Waals surface area contributed by atoms with Crippen molar-refractivity contribution in [2.24, 2.45) is 0 Å². The van der Waals surface area contributed by atoms with E-state index in [9.17, 15) is 13.2 Å². The van der Waals surface area contributed by atoms with E-state index >= 15 is 0 Å². The van der Waals surface area contributed by atoms with Crippen molar-refractivity contribution in [3.8, 4) is 0 Å². The van der Waals surface area contributed by atoms with Gasteiger partial charge in [-0.05, 0) is 80.3 Å². The van der Waals surface area contributed by atoms with Gasteiger partial charge in [-0.2, -0.15) is 0 Å². The van der Waals surface area contributed by atoms with Crippen molar-refractivity contribution in [2.75, 3.05) is 15.9 Å². The molecule has 3 aromatic carbocycles. The van der Waals surface area contributed by atoms with Crippen molar-refractivity contribution in [1.29, 1.82) is 0 Å². The molecule has 0 aliphatic rings. The van der Waals surface area contributed by atoms with Gasteiger partial charge in [-0.15, -0.1) is 11.8 Å². The van der Waals surface area contributed by atoms with Crippen LogP contribution in [0.5, 0.6) is 0 Å². The van der Waals surface area contributed by atoms with E-state index in [1.165, 1.54) is 9.20 Å². The minimum Gasteiger partial charge on any atom is -0.324 e. The van der Waals surface area contributed by atoms with Gasteiger partial charge >= 0.3 is 0 Å². The van der Waals surface area contributed by atoms with Crippen LogP contribution < -0.4 is 9.62 Å². The molecule has 0 saturated carbocycles. The van der Waals surface area contributed by atoms with Crippen molar-refractivity contribution in [3.05, 3.63) is 89.0 Å². The molecule has 0 aliphatic carbocycles. The van der Waals surface area contributed by atoms with Crippen LogP contribution in [0.3, 0.4) is 0 Å². The number of sulfonamides is 1. The molecule has 3 aromatic rings. The van der Waals surface area contributed by atoms with Gasteiger partial charge in [-0.25, -0.2) is 8.42 Å². The number of anilines is 2. The van der Waals surface area contributed by atoms with E-state index < -0.39 is 16.1 Å². The fourth-order valence-corrected chi connectivity index (χ4v) is 5.78. The molecule has 0 heterocycles. The molecule has 7 heteroatoms. The third-order valence-corrected chi connectivity index (χ3v) is 7.57. The highest BCUT2D eigenvalue weighted by Crippen LogP contribution is 2.27. The highest BCUT2D eigenvalue weighted by Gasteiger charge is 2.29. The average molecular weight is 483 g/mol. The number of hydrogen-bond donors (Lipinski definition) is 1. The first-order valence-corrected chi connectivity index (χ1v) is 13.5. The summed E-state index contributed by atoms with van der Waals surface area (Å²) in [5.74, 6) is 0.443. The third kappa shape index (κ3) is 6.62. The molecule has 0 aliphatic heterocycles. The minimum absolute atomic E-state index is 0.380. The van der Waals surface area contributed by atoms with Crippen molar-refractivity contribution in [3.63, 3.8) is 0 Å². The van der Waals surface area contributed by atoms with Crippen LogP contribution >= 0.6 is 11.8 Å². The van der Waals surface area contributed by atoms with E-state index in [2.05, 4.69) is 23.5 Å². The molecular weight excluding hydrogens is 452 g/mol. The largest absolute Gasteiger partial charge is 0.324 e. The summed E-state index contributed by atoms with van der Waals surface area (Å²) in [5.41, 5.74) is 5.12. The standard InChI is InChI=1S/C26H30N2O3S2/c1-18-13-19(2)15-23(14-18)28(33(5,30)31)21(4)26(29)27-25-12-11-22(16-20(25)3)17-32-24-9-7-6-8-10-24/h6-16,21H,17H2,1-5H3,(H,27,29)/t21-/m1/s1. The molecule has 5 nitrogen and oxygen atoms in total. The van der Waals surface area contributed by atoms with Crippen LogP contribution in [0.1, 0.15) is 29.2 Å². The summed E-state index contributed by atoms with van der Waals surface area (Å²) in [7, 11) is -3.67. The quantitative estimate of drug-likeness (QED) is 0.419. The zero-order valence-corrected chi connectivity index (χ0v) is 21.3. The zero-order chi connectivity index (χ0) is 24.2. The maximum Gasteiger partial charge on any atom is 0.248 e. The molecule has 0 radical (unpaired) electrons. The molecule has 1 N–H and O–H groups in total. The van der Waals surface area contributed by atoms with E-state index in [-0.39, 0.29) is 5.91 Å². The Hall–Kier alpha value is -2.77.